The summed E-state index contributed by atoms with van der Waals surface area (Å²) < 4.78 is 16.9. The number of hydrogen-bond acceptors (Lipinski definition) is 3. The number of fused-ring (bicyclic) bond motifs is 1. The fraction of sp³-hybridized carbons (Fsp3) is 0.294. The number of alkyl halides is 1. The number of aryl methyl sites for hydroxylation is 1. The van der Waals surface area contributed by atoms with Crippen LogP contribution in [0.5, 0.6) is 17.2 Å². The predicted octanol–water partition coefficient (Wildman–Crippen LogP) is 4.12. The molecule has 1 heterocycles. The quantitative estimate of drug-likeness (QED) is 0.798. The Hall–Kier alpha value is -1.87. The Morgan fingerprint density at radius 3 is 2.67 bits per heavy atom. The molecule has 1 aliphatic rings. The number of benzene rings is 2. The van der Waals surface area contributed by atoms with E-state index in [9.17, 15) is 0 Å². The summed E-state index contributed by atoms with van der Waals surface area (Å²) in [5.41, 5.74) is 2.11. The molecule has 110 valence electrons. The van der Waals surface area contributed by atoms with Gasteiger partial charge in [0.25, 0.3) is 0 Å². The van der Waals surface area contributed by atoms with Crippen molar-refractivity contribution >= 4 is 11.6 Å². The van der Waals surface area contributed by atoms with Crippen LogP contribution in [0.25, 0.3) is 0 Å². The predicted molar refractivity (Wildman–Crippen MR) is 82.7 cm³/mol. The highest BCUT2D eigenvalue weighted by Gasteiger charge is 2.29. The lowest BCUT2D eigenvalue weighted by Gasteiger charge is -2.30. The van der Waals surface area contributed by atoms with Gasteiger partial charge in [0.2, 0.25) is 0 Å². The second-order valence-corrected chi connectivity index (χ2v) is 5.51. The molecule has 0 aromatic heterocycles. The topological polar surface area (TPSA) is 27.7 Å². The SMILES string of the molecule is COc1ccc(C(Cl)C2COc3ccccc3O2)c(C)c1. The van der Waals surface area contributed by atoms with Crippen molar-refractivity contribution in [2.24, 2.45) is 0 Å². The van der Waals surface area contributed by atoms with Gasteiger partial charge in [-0.15, -0.1) is 11.6 Å². The van der Waals surface area contributed by atoms with E-state index in [0.29, 0.717) is 6.61 Å². The Kier molecular flexibility index (Phi) is 3.93. The minimum Gasteiger partial charge on any atom is -0.497 e. The monoisotopic (exact) mass is 304 g/mol. The first-order valence-electron chi connectivity index (χ1n) is 6.86. The van der Waals surface area contributed by atoms with E-state index in [1.54, 1.807) is 7.11 Å². The average molecular weight is 305 g/mol. The van der Waals surface area contributed by atoms with Crippen LogP contribution in [0.3, 0.4) is 0 Å². The molecule has 0 fully saturated rings. The summed E-state index contributed by atoms with van der Waals surface area (Å²) in [5.74, 6) is 2.33. The van der Waals surface area contributed by atoms with Crippen molar-refractivity contribution in [3.05, 3.63) is 53.6 Å². The van der Waals surface area contributed by atoms with Gasteiger partial charge in [-0.25, -0.2) is 0 Å². The first-order chi connectivity index (χ1) is 10.2. The highest BCUT2D eigenvalue weighted by Crippen LogP contribution is 2.37. The number of halogens is 1. The second kappa shape index (κ2) is 5.86. The number of rotatable bonds is 3. The van der Waals surface area contributed by atoms with Gasteiger partial charge < -0.3 is 14.2 Å². The zero-order valence-electron chi connectivity index (χ0n) is 12.0. The molecule has 2 unspecified atom stereocenters. The van der Waals surface area contributed by atoms with Crippen LogP contribution < -0.4 is 14.2 Å². The van der Waals surface area contributed by atoms with E-state index in [-0.39, 0.29) is 11.5 Å². The van der Waals surface area contributed by atoms with Crippen LogP contribution in [0.4, 0.5) is 0 Å². The van der Waals surface area contributed by atoms with Crippen molar-refractivity contribution in [1.29, 1.82) is 0 Å². The molecule has 0 radical (unpaired) electrons. The average Bonchev–Trinajstić information content (AvgIpc) is 2.53. The van der Waals surface area contributed by atoms with Gasteiger partial charge in [0, 0.05) is 0 Å². The maximum absolute atomic E-state index is 6.61. The molecule has 0 N–H and O–H groups in total. The molecule has 0 amide bonds. The molecule has 2 atom stereocenters. The second-order valence-electron chi connectivity index (χ2n) is 5.04. The number of hydrogen-bond donors (Lipinski definition) is 0. The van der Waals surface area contributed by atoms with Gasteiger partial charge >= 0.3 is 0 Å². The molecule has 21 heavy (non-hydrogen) atoms. The zero-order valence-corrected chi connectivity index (χ0v) is 12.8. The normalized spacial score (nSPS) is 18.1. The third-order valence-corrected chi connectivity index (χ3v) is 4.15. The minimum absolute atomic E-state index is 0.214. The van der Waals surface area contributed by atoms with Gasteiger partial charge in [0.05, 0.1) is 12.5 Å². The molecule has 0 saturated carbocycles. The molecule has 2 aromatic carbocycles. The highest BCUT2D eigenvalue weighted by molar-refractivity contribution is 6.21. The molecule has 0 aliphatic carbocycles. The van der Waals surface area contributed by atoms with Crippen LogP contribution in [-0.4, -0.2) is 19.8 Å². The van der Waals surface area contributed by atoms with Crippen LogP contribution in [0.2, 0.25) is 0 Å². The van der Waals surface area contributed by atoms with Crippen LogP contribution in [0, 0.1) is 6.92 Å². The van der Waals surface area contributed by atoms with Crippen LogP contribution >= 0.6 is 11.6 Å². The summed E-state index contributed by atoms with van der Waals surface area (Å²) >= 11 is 6.61. The summed E-state index contributed by atoms with van der Waals surface area (Å²) in [6.07, 6.45) is -0.214. The van der Waals surface area contributed by atoms with Crippen molar-refractivity contribution < 1.29 is 14.2 Å². The first kappa shape index (κ1) is 14.1. The fourth-order valence-electron chi connectivity index (χ4n) is 2.46. The first-order valence-corrected chi connectivity index (χ1v) is 7.30. The van der Waals surface area contributed by atoms with Gasteiger partial charge in [-0.1, -0.05) is 18.2 Å². The summed E-state index contributed by atoms with van der Waals surface area (Å²) in [4.78, 5) is 0. The maximum atomic E-state index is 6.61. The Balaban J connectivity index is 1.82. The van der Waals surface area contributed by atoms with Crippen molar-refractivity contribution in [2.75, 3.05) is 13.7 Å². The van der Waals surface area contributed by atoms with E-state index in [1.807, 2.05) is 49.4 Å². The molecule has 0 bridgehead atoms. The Labute approximate surface area is 129 Å². The van der Waals surface area contributed by atoms with Crippen molar-refractivity contribution in [3.8, 4) is 17.2 Å². The van der Waals surface area contributed by atoms with Crippen LogP contribution in [-0.2, 0) is 0 Å². The zero-order chi connectivity index (χ0) is 14.8. The van der Waals surface area contributed by atoms with E-state index < -0.39 is 0 Å². The standard InChI is InChI=1S/C17H17ClO3/c1-11-9-12(19-2)7-8-13(11)17(18)16-10-20-14-5-3-4-6-15(14)21-16/h3-9,16-17H,10H2,1-2H3. The summed E-state index contributed by atoms with van der Waals surface area (Å²) in [5, 5.41) is -0.274. The Bertz CT molecular complexity index is 642. The van der Waals surface area contributed by atoms with Gasteiger partial charge in [0.1, 0.15) is 12.4 Å². The molecule has 1 aliphatic heterocycles. The molecule has 0 spiro atoms. The van der Waals surface area contributed by atoms with Crippen molar-refractivity contribution in [2.45, 2.75) is 18.4 Å². The Morgan fingerprint density at radius 1 is 1.19 bits per heavy atom. The lowest BCUT2D eigenvalue weighted by molar-refractivity contribution is 0.0876. The lowest BCUT2D eigenvalue weighted by Crippen LogP contribution is -2.33. The number of methoxy groups -OCH3 is 1. The van der Waals surface area contributed by atoms with E-state index >= 15 is 0 Å². The summed E-state index contributed by atoms with van der Waals surface area (Å²) in [7, 11) is 1.65. The molecule has 2 aromatic rings. The highest BCUT2D eigenvalue weighted by atomic mass is 35.5. The molecule has 3 rings (SSSR count). The van der Waals surface area contributed by atoms with Gasteiger partial charge in [-0.3, -0.25) is 0 Å². The van der Waals surface area contributed by atoms with E-state index in [2.05, 4.69) is 0 Å². The maximum Gasteiger partial charge on any atom is 0.161 e. The smallest absolute Gasteiger partial charge is 0.161 e. The fourth-order valence-corrected chi connectivity index (χ4v) is 2.83. The Morgan fingerprint density at radius 2 is 1.95 bits per heavy atom. The van der Waals surface area contributed by atoms with Gasteiger partial charge in [-0.05, 0) is 42.3 Å². The van der Waals surface area contributed by atoms with Crippen molar-refractivity contribution in [3.63, 3.8) is 0 Å². The molecular weight excluding hydrogens is 288 g/mol. The minimum atomic E-state index is -0.274. The number of ether oxygens (including phenoxy) is 3. The van der Waals surface area contributed by atoms with Gasteiger partial charge in [0.15, 0.2) is 17.6 Å². The van der Waals surface area contributed by atoms with Crippen LogP contribution in [0.15, 0.2) is 42.5 Å². The van der Waals surface area contributed by atoms with Crippen molar-refractivity contribution in [1.82, 2.24) is 0 Å². The molecule has 4 heteroatoms. The van der Waals surface area contributed by atoms with Gasteiger partial charge in [-0.2, -0.15) is 0 Å². The third-order valence-electron chi connectivity index (χ3n) is 3.63. The number of para-hydroxylation sites is 2. The largest absolute Gasteiger partial charge is 0.497 e. The summed E-state index contributed by atoms with van der Waals surface area (Å²) in [6, 6.07) is 13.5. The van der Waals surface area contributed by atoms with E-state index in [1.165, 1.54) is 0 Å². The molecular formula is C17H17ClO3. The molecule has 0 saturated heterocycles. The van der Waals surface area contributed by atoms with E-state index in [0.717, 1.165) is 28.4 Å². The van der Waals surface area contributed by atoms with Crippen LogP contribution in [0.1, 0.15) is 16.5 Å². The third kappa shape index (κ3) is 2.79. The van der Waals surface area contributed by atoms with E-state index in [4.69, 9.17) is 25.8 Å². The summed E-state index contributed by atoms with van der Waals surface area (Å²) in [6.45, 7) is 2.46. The lowest BCUT2D eigenvalue weighted by atomic mass is 10.0. The molecule has 3 nitrogen and oxygen atoms in total.